The van der Waals surface area contributed by atoms with E-state index in [1.54, 1.807) is 12.1 Å². The van der Waals surface area contributed by atoms with Gasteiger partial charge in [0, 0.05) is 17.5 Å². The average Bonchev–Trinajstić information content (AvgIpc) is 2.25. The molecule has 0 amide bonds. The Bertz CT molecular complexity index is 384. The summed E-state index contributed by atoms with van der Waals surface area (Å²) < 4.78 is 12.3. The molecule has 0 saturated heterocycles. The smallest absolute Gasteiger partial charge is 0.303 e. The van der Waals surface area contributed by atoms with E-state index in [0.717, 1.165) is 0 Å². The predicted molar refractivity (Wildman–Crippen MR) is 60.1 cm³/mol. The predicted octanol–water partition coefficient (Wildman–Crippen LogP) is 2.67. The first-order valence-electron chi connectivity index (χ1n) is 4.86. The molecule has 1 aromatic rings. The molecule has 0 radical (unpaired) electrons. The van der Waals surface area contributed by atoms with Crippen LogP contribution in [0, 0.1) is 0 Å². The molecule has 1 aromatic carbocycles. The van der Waals surface area contributed by atoms with Crippen molar-refractivity contribution in [3.8, 4) is 0 Å². The summed E-state index contributed by atoms with van der Waals surface area (Å²) >= 11 is 5.92. The van der Waals surface area contributed by atoms with Gasteiger partial charge in [0.15, 0.2) is 0 Å². The molecule has 0 spiro atoms. The van der Waals surface area contributed by atoms with Crippen LogP contribution >= 0.6 is 11.6 Å². The Morgan fingerprint density at radius 2 is 2.25 bits per heavy atom. The molecule has 0 aromatic heterocycles. The van der Waals surface area contributed by atoms with E-state index in [1.807, 2.05) is 0 Å². The second-order valence-electron chi connectivity index (χ2n) is 3.53. The van der Waals surface area contributed by atoms with Crippen molar-refractivity contribution < 1.29 is 14.3 Å². The molecular formula is C11H13ClFNO2. The summed E-state index contributed by atoms with van der Waals surface area (Å²) in [6, 6.07) is 4.32. The van der Waals surface area contributed by atoms with Crippen LogP contribution in [0.25, 0.3) is 0 Å². The lowest BCUT2D eigenvalue weighted by Gasteiger charge is -2.13. The van der Waals surface area contributed by atoms with Crippen LogP contribution in [0.3, 0.4) is 0 Å². The van der Waals surface area contributed by atoms with Crippen molar-refractivity contribution in [2.45, 2.75) is 25.6 Å². The Morgan fingerprint density at radius 1 is 1.56 bits per heavy atom. The second kappa shape index (κ2) is 5.82. The van der Waals surface area contributed by atoms with Crippen molar-refractivity contribution in [3.63, 3.8) is 0 Å². The fraction of sp³-hybridized carbons (Fsp3) is 0.364. The van der Waals surface area contributed by atoms with Crippen LogP contribution in [0.2, 0.25) is 5.02 Å². The number of carbonyl (C=O) groups is 1. The van der Waals surface area contributed by atoms with E-state index in [4.69, 9.17) is 22.4 Å². The molecule has 0 saturated carbocycles. The van der Waals surface area contributed by atoms with Crippen molar-refractivity contribution in [1.29, 1.82) is 0 Å². The maximum Gasteiger partial charge on any atom is 0.303 e. The number of nitrogens with two attached hydrogens (primary N) is 1. The molecule has 3 N–H and O–H groups in total. The summed E-state index contributed by atoms with van der Waals surface area (Å²) in [5.41, 5.74) is 6.93. The quantitative estimate of drug-likeness (QED) is 0.838. The SMILES string of the molecule is NC(CCC(=O)O)c1ccc(CF)cc1Cl. The molecule has 1 unspecified atom stereocenters. The van der Waals surface area contributed by atoms with Crippen LogP contribution in [-0.4, -0.2) is 11.1 Å². The lowest BCUT2D eigenvalue weighted by molar-refractivity contribution is -0.137. The summed E-state index contributed by atoms with van der Waals surface area (Å²) in [6.07, 6.45) is 0.298. The first-order valence-corrected chi connectivity index (χ1v) is 5.24. The van der Waals surface area contributed by atoms with Gasteiger partial charge in [-0.1, -0.05) is 23.7 Å². The topological polar surface area (TPSA) is 63.3 Å². The van der Waals surface area contributed by atoms with Crippen LogP contribution in [0.5, 0.6) is 0 Å². The summed E-state index contributed by atoms with van der Waals surface area (Å²) in [4.78, 5) is 10.4. The molecule has 0 aliphatic heterocycles. The molecule has 0 aliphatic rings. The highest BCUT2D eigenvalue weighted by molar-refractivity contribution is 6.31. The van der Waals surface area contributed by atoms with E-state index in [9.17, 15) is 9.18 Å². The number of aliphatic carboxylic acids is 1. The zero-order valence-corrected chi connectivity index (χ0v) is 9.38. The third kappa shape index (κ3) is 3.47. The molecule has 0 aliphatic carbocycles. The van der Waals surface area contributed by atoms with Gasteiger partial charge in [0.2, 0.25) is 0 Å². The normalized spacial score (nSPS) is 12.4. The Hall–Kier alpha value is -1.13. The highest BCUT2D eigenvalue weighted by Gasteiger charge is 2.12. The van der Waals surface area contributed by atoms with Gasteiger partial charge in [-0.25, -0.2) is 4.39 Å². The van der Waals surface area contributed by atoms with Crippen molar-refractivity contribution in [3.05, 3.63) is 34.3 Å². The lowest BCUT2D eigenvalue weighted by atomic mass is 10.0. The average molecular weight is 246 g/mol. The molecule has 3 nitrogen and oxygen atoms in total. The molecular weight excluding hydrogens is 233 g/mol. The number of rotatable bonds is 5. The Morgan fingerprint density at radius 3 is 2.75 bits per heavy atom. The van der Waals surface area contributed by atoms with Gasteiger partial charge in [-0.15, -0.1) is 0 Å². The van der Waals surface area contributed by atoms with Gasteiger partial charge < -0.3 is 10.8 Å². The van der Waals surface area contributed by atoms with Crippen molar-refractivity contribution in [2.75, 3.05) is 0 Å². The van der Waals surface area contributed by atoms with E-state index in [1.165, 1.54) is 6.07 Å². The van der Waals surface area contributed by atoms with E-state index in [-0.39, 0.29) is 6.42 Å². The first-order chi connectivity index (χ1) is 7.54. The van der Waals surface area contributed by atoms with Crippen LogP contribution in [0.1, 0.15) is 30.0 Å². The minimum Gasteiger partial charge on any atom is -0.481 e. The number of carboxylic acids is 1. The third-order valence-electron chi connectivity index (χ3n) is 2.29. The number of alkyl halides is 1. The van der Waals surface area contributed by atoms with E-state index >= 15 is 0 Å². The van der Waals surface area contributed by atoms with Gasteiger partial charge >= 0.3 is 5.97 Å². The molecule has 5 heteroatoms. The zero-order valence-electron chi connectivity index (χ0n) is 8.62. The fourth-order valence-corrected chi connectivity index (χ4v) is 1.73. The number of halogens is 2. The van der Waals surface area contributed by atoms with E-state index in [2.05, 4.69) is 0 Å². The van der Waals surface area contributed by atoms with Crippen LogP contribution < -0.4 is 5.73 Å². The highest BCUT2D eigenvalue weighted by Crippen LogP contribution is 2.25. The monoisotopic (exact) mass is 245 g/mol. The first kappa shape index (κ1) is 12.9. The van der Waals surface area contributed by atoms with Crippen LogP contribution in [-0.2, 0) is 11.5 Å². The molecule has 1 rings (SSSR count). The Balaban J connectivity index is 2.75. The summed E-state index contributed by atoms with van der Waals surface area (Å²) in [6.45, 7) is -0.579. The minimum atomic E-state index is -0.896. The molecule has 0 fully saturated rings. The fourth-order valence-electron chi connectivity index (χ4n) is 1.39. The van der Waals surface area contributed by atoms with Crippen molar-refractivity contribution in [1.82, 2.24) is 0 Å². The summed E-state index contributed by atoms with van der Waals surface area (Å²) in [5, 5.41) is 8.91. The standard InChI is InChI=1S/C11H13ClFNO2/c12-9-5-7(6-13)1-2-8(9)10(14)3-4-11(15)16/h1-2,5,10H,3-4,6,14H2,(H,15,16). The van der Waals surface area contributed by atoms with E-state index < -0.39 is 18.7 Å². The number of benzene rings is 1. The second-order valence-corrected chi connectivity index (χ2v) is 3.94. The number of carboxylic acid groups (broad SMARTS) is 1. The van der Waals surface area contributed by atoms with Crippen molar-refractivity contribution in [2.24, 2.45) is 5.73 Å². The number of hydrogen-bond donors (Lipinski definition) is 2. The van der Waals surface area contributed by atoms with Crippen LogP contribution in [0.15, 0.2) is 18.2 Å². The largest absolute Gasteiger partial charge is 0.481 e. The Labute approximate surface area is 98.0 Å². The number of hydrogen-bond acceptors (Lipinski definition) is 2. The van der Waals surface area contributed by atoms with E-state index in [0.29, 0.717) is 22.6 Å². The Kier molecular flexibility index (Phi) is 4.71. The zero-order chi connectivity index (χ0) is 12.1. The van der Waals surface area contributed by atoms with Gasteiger partial charge in [-0.3, -0.25) is 4.79 Å². The van der Waals surface area contributed by atoms with Gasteiger partial charge in [0.1, 0.15) is 6.67 Å². The maximum absolute atomic E-state index is 12.3. The van der Waals surface area contributed by atoms with Gasteiger partial charge in [0.25, 0.3) is 0 Å². The lowest BCUT2D eigenvalue weighted by Crippen LogP contribution is -2.12. The molecule has 1 atom stereocenters. The summed E-state index contributed by atoms with van der Waals surface area (Å²) in [5.74, 6) is -0.896. The van der Waals surface area contributed by atoms with Gasteiger partial charge in [0.05, 0.1) is 0 Å². The maximum atomic E-state index is 12.3. The minimum absolute atomic E-state index is 0.0115. The molecule has 0 bridgehead atoms. The molecule has 16 heavy (non-hydrogen) atoms. The van der Waals surface area contributed by atoms with Crippen LogP contribution in [0.4, 0.5) is 4.39 Å². The van der Waals surface area contributed by atoms with Gasteiger partial charge in [-0.05, 0) is 23.6 Å². The highest BCUT2D eigenvalue weighted by atomic mass is 35.5. The van der Waals surface area contributed by atoms with Gasteiger partial charge in [-0.2, -0.15) is 0 Å². The molecule has 88 valence electrons. The molecule has 0 heterocycles. The third-order valence-corrected chi connectivity index (χ3v) is 2.62. The van der Waals surface area contributed by atoms with Crippen molar-refractivity contribution >= 4 is 17.6 Å². The summed E-state index contributed by atoms with van der Waals surface area (Å²) in [7, 11) is 0.